The van der Waals surface area contributed by atoms with E-state index in [9.17, 15) is 8.42 Å². The van der Waals surface area contributed by atoms with Crippen molar-refractivity contribution in [3.63, 3.8) is 0 Å². The van der Waals surface area contributed by atoms with Gasteiger partial charge >= 0.3 is 0 Å². The number of sulfonamides is 1. The van der Waals surface area contributed by atoms with Crippen LogP contribution in [-0.4, -0.2) is 42.6 Å². The van der Waals surface area contributed by atoms with Gasteiger partial charge in [0.1, 0.15) is 5.84 Å². The van der Waals surface area contributed by atoms with E-state index in [-0.39, 0.29) is 36.4 Å². The lowest BCUT2D eigenvalue weighted by Gasteiger charge is -2.28. The molecule has 1 aliphatic rings. The van der Waals surface area contributed by atoms with Crippen molar-refractivity contribution in [2.24, 2.45) is 22.7 Å². The first-order chi connectivity index (χ1) is 9.85. The molecule has 6 nitrogen and oxygen atoms in total. The third kappa shape index (κ3) is 6.65. The SMILES string of the molecule is CC(C)CN(CCC(N)=NO)S(=O)(=O)CC1CCCCC1. The van der Waals surface area contributed by atoms with E-state index in [2.05, 4.69) is 5.16 Å². The van der Waals surface area contributed by atoms with Crippen LogP contribution in [-0.2, 0) is 10.0 Å². The normalized spacial score (nSPS) is 18.6. The van der Waals surface area contributed by atoms with Gasteiger partial charge in [0.2, 0.25) is 10.0 Å². The second-order valence-electron chi connectivity index (χ2n) is 6.38. The second kappa shape index (κ2) is 8.58. The molecule has 1 saturated carbocycles. The van der Waals surface area contributed by atoms with Gasteiger partial charge in [-0.3, -0.25) is 0 Å². The van der Waals surface area contributed by atoms with E-state index in [1.807, 2.05) is 13.8 Å². The van der Waals surface area contributed by atoms with Gasteiger partial charge in [-0.15, -0.1) is 0 Å². The van der Waals surface area contributed by atoms with Gasteiger partial charge in [-0.2, -0.15) is 0 Å². The van der Waals surface area contributed by atoms with Crippen LogP contribution in [0.5, 0.6) is 0 Å². The minimum absolute atomic E-state index is 0.0663. The Morgan fingerprint density at radius 2 is 1.95 bits per heavy atom. The van der Waals surface area contributed by atoms with Crippen LogP contribution in [0.2, 0.25) is 0 Å². The first-order valence-electron chi connectivity index (χ1n) is 7.79. The van der Waals surface area contributed by atoms with Crippen molar-refractivity contribution in [2.45, 2.75) is 52.4 Å². The molecule has 0 spiro atoms. The maximum Gasteiger partial charge on any atom is 0.214 e. The van der Waals surface area contributed by atoms with Crippen molar-refractivity contribution in [3.8, 4) is 0 Å². The van der Waals surface area contributed by atoms with Crippen molar-refractivity contribution >= 4 is 15.9 Å². The summed E-state index contributed by atoms with van der Waals surface area (Å²) in [6.45, 7) is 4.75. The Morgan fingerprint density at radius 1 is 1.33 bits per heavy atom. The number of hydrogen-bond acceptors (Lipinski definition) is 4. The summed E-state index contributed by atoms with van der Waals surface area (Å²) in [5.41, 5.74) is 5.46. The summed E-state index contributed by atoms with van der Waals surface area (Å²) >= 11 is 0. The van der Waals surface area contributed by atoms with E-state index in [0.29, 0.717) is 6.54 Å². The molecule has 0 aromatic heterocycles. The molecule has 1 fully saturated rings. The van der Waals surface area contributed by atoms with Crippen LogP contribution in [0.3, 0.4) is 0 Å². The van der Waals surface area contributed by atoms with Crippen LogP contribution in [0, 0.1) is 11.8 Å². The highest BCUT2D eigenvalue weighted by molar-refractivity contribution is 7.89. The summed E-state index contributed by atoms with van der Waals surface area (Å²) in [5.74, 6) is 0.827. The van der Waals surface area contributed by atoms with Crippen LogP contribution in [0.4, 0.5) is 0 Å². The summed E-state index contributed by atoms with van der Waals surface area (Å²) in [6, 6.07) is 0. The summed E-state index contributed by atoms with van der Waals surface area (Å²) in [7, 11) is -3.28. The topological polar surface area (TPSA) is 96.0 Å². The maximum absolute atomic E-state index is 12.6. The molecule has 0 aliphatic heterocycles. The van der Waals surface area contributed by atoms with Gasteiger partial charge in [0, 0.05) is 19.5 Å². The first-order valence-corrected chi connectivity index (χ1v) is 9.40. The molecule has 0 aromatic carbocycles. The Hall–Kier alpha value is -0.820. The van der Waals surface area contributed by atoms with Crippen LogP contribution < -0.4 is 5.73 Å². The number of nitrogens with two attached hydrogens (primary N) is 1. The smallest absolute Gasteiger partial charge is 0.214 e. The van der Waals surface area contributed by atoms with Crippen LogP contribution in [0.1, 0.15) is 52.4 Å². The number of hydrogen-bond donors (Lipinski definition) is 2. The average molecular weight is 319 g/mol. The molecule has 0 atom stereocenters. The lowest BCUT2D eigenvalue weighted by Crippen LogP contribution is -2.39. The standard InChI is InChI=1S/C14H29N3O3S/c1-12(2)10-17(9-8-14(15)16-18)21(19,20)11-13-6-4-3-5-7-13/h12-13,18H,3-11H2,1-2H3,(H2,15,16). The van der Waals surface area contributed by atoms with E-state index >= 15 is 0 Å². The minimum atomic E-state index is -3.28. The molecule has 0 unspecified atom stereocenters. The molecule has 124 valence electrons. The quantitative estimate of drug-likeness (QED) is 0.309. The number of amidine groups is 1. The van der Waals surface area contributed by atoms with Gasteiger partial charge in [0.15, 0.2) is 0 Å². The fourth-order valence-corrected chi connectivity index (χ4v) is 4.83. The monoisotopic (exact) mass is 319 g/mol. The van der Waals surface area contributed by atoms with E-state index in [4.69, 9.17) is 10.9 Å². The molecule has 0 heterocycles. The Morgan fingerprint density at radius 3 is 2.48 bits per heavy atom. The summed E-state index contributed by atoms with van der Waals surface area (Å²) in [5, 5.41) is 11.5. The van der Waals surface area contributed by atoms with Crippen LogP contribution in [0.15, 0.2) is 5.16 Å². The van der Waals surface area contributed by atoms with Crippen LogP contribution in [0.25, 0.3) is 0 Å². The van der Waals surface area contributed by atoms with Crippen LogP contribution >= 0.6 is 0 Å². The average Bonchev–Trinajstić information content (AvgIpc) is 2.43. The molecular weight excluding hydrogens is 290 g/mol. The highest BCUT2D eigenvalue weighted by Crippen LogP contribution is 2.26. The van der Waals surface area contributed by atoms with Gasteiger partial charge in [-0.05, 0) is 24.7 Å². The number of nitrogens with zero attached hydrogens (tertiary/aromatic N) is 2. The predicted octanol–water partition coefficient (Wildman–Crippen LogP) is 1.99. The lowest BCUT2D eigenvalue weighted by atomic mass is 9.91. The minimum Gasteiger partial charge on any atom is -0.409 e. The van der Waals surface area contributed by atoms with Crippen molar-refractivity contribution in [1.29, 1.82) is 0 Å². The molecule has 21 heavy (non-hydrogen) atoms. The van der Waals surface area contributed by atoms with Crippen molar-refractivity contribution in [1.82, 2.24) is 4.31 Å². The molecular formula is C14H29N3O3S. The molecule has 0 saturated heterocycles. The maximum atomic E-state index is 12.6. The highest BCUT2D eigenvalue weighted by atomic mass is 32.2. The molecule has 0 bridgehead atoms. The van der Waals surface area contributed by atoms with Gasteiger partial charge in [0.25, 0.3) is 0 Å². The van der Waals surface area contributed by atoms with E-state index in [1.165, 1.54) is 10.7 Å². The molecule has 0 amide bonds. The Bertz CT molecular complexity index is 429. The van der Waals surface area contributed by atoms with Gasteiger partial charge < -0.3 is 10.9 Å². The number of oxime groups is 1. The van der Waals surface area contributed by atoms with Crippen molar-refractivity contribution in [2.75, 3.05) is 18.8 Å². The fourth-order valence-electron chi connectivity index (χ4n) is 2.80. The zero-order valence-electron chi connectivity index (χ0n) is 13.2. The molecule has 7 heteroatoms. The summed E-state index contributed by atoms with van der Waals surface area (Å²) < 4.78 is 26.7. The first kappa shape index (κ1) is 18.2. The van der Waals surface area contributed by atoms with E-state index in [1.54, 1.807) is 0 Å². The largest absolute Gasteiger partial charge is 0.409 e. The molecule has 1 aliphatic carbocycles. The predicted molar refractivity (Wildman–Crippen MR) is 84.8 cm³/mol. The zero-order chi connectivity index (χ0) is 15.9. The molecule has 0 aromatic rings. The Balaban J connectivity index is 2.69. The molecule has 1 rings (SSSR count). The zero-order valence-corrected chi connectivity index (χ0v) is 14.0. The third-order valence-corrected chi connectivity index (χ3v) is 5.89. The summed E-state index contributed by atoms with van der Waals surface area (Å²) in [4.78, 5) is 0. The second-order valence-corrected chi connectivity index (χ2v) is 8.39. The molecule has 0 radical (unpaired) electrons. The van der Waals surface area contributed by atoms with Gasteiger partial charge in [-0.25, -0.2) is 12.7 Å². The van der Waals surface area contributed by atoms with E-state index in [0.717, 1.165) is 25.7 Å². The van der Waals surface area contributed by atoms with E-state index < -0.39 is 10.0 Å². The Kier molecular flexibility index (Phi) is 7.45. The lowest BCUT2D eigenvalue weighted by molar-refractivity contribution is 0.314. The summed E-state index contributed by atoms with van der Waals surface area (Å²) in [6.07, 6.45) is 5.76. The Labute approximate surface area is 128 Å². The van der Waals surface area contributed by atoms with Crippen molar-refractivity contribution < 1.29 is 13.6 Å². The molecule has 3 N–H and O–H groups in total. The highest BCUT2D eigenvalue weighted by Gasteiger charge is 2.27. The fraction of sp³-hybridized carbons (Fsp3) is 0.929. The van der Waals surface area contributed by atoms with Gasteiger partial charge in [0.05, 0.1) is 5.75 Å². The third-order valence-electron chi connectivity index (χ3n) is 3.88. The van der Waals surface area contributed by atoms with Crippen molar-refractivity contribution in [3.05, 3.63) is 0 Å². The number of rotatable bonds is 8. The van der Waals surface area contributed by atoms with Gasteiger partial charge in [-0.1, -0.05) is 38.3 Å².